The van der Waals surface area contributed by atoms with Crippen LogP contribution in [-0.2, 0) is 4.74 Å². The summed E-state index contributed by atoms with van der Waals surface area (Å²) in [5, 5.41) is 9.64. The first-order chi connectivity index (χ1) is 14.3. The van der Waals surface area contributed by atoms with Crippen molar-refractivity contribution in [1.82, 2.24) is 20.1 Å². The largest absolute Gasteiger partial charge is 0.423 e. The summed E-state index contributed by atoms with van der Waals surface area (Å²) < 4.78 is 11.5. The predicted octanol–water partition coefficient (Wildman–Crippen LogP) is 3.88. The van der Waals surface area contributed by atoms with Gasteiger partial charge in [-0.25, -0.2) is 4.98 Å². The van der Waals surface area contributed by atoms with E-state index >= 15 is 0 Å². The Kier molecular flexibility index (Phi) is 4.97. The number of rotatable bonds is 3. The number of para-hydroxylation sites is 1. The molecule has 2 saturated heterocycles. The minimum absolute atomic E-state index is 0.0775. The first kappa shape index (κ1) is 18.2. The van der Waals surface area contributed by atoms with Crippen molar-refractivity contribution in [2.24, 2.45) is 0 Å². The second-order valence-corrected chi connectivity index (χ2v) is 7.76. The van der Waals surface area contributed by atoms with Crippen LogP contribution in [0.2, 0.25) is 0 Å². The summed E-state index contributed by atoms with van der Waals surface area (Å²) in [4.78, 5) is 19.7. The number of fused-ring (bicyclic) bond motifs is 1. The predicted molar refractivity (Wildman–Crippen MR) is 106 cm³/mol. The molecule has 2 aromatic heterocycles. The van der Waals surface area contributed by atoms with E-state index in [1.807, 2.05) is 35.2 Å². The molecule has 7 heteroatoms. The molecule has 0 radical (unpaired) electrons. The molecule has 4 heterocycles. The van der Waals surface area contributed by atoms with Crippen molar-refractivity contribution in [2.75, 3.05) is 19.8 Å². The number of aromatic nitrogens is 3. The molecule has 0 saturated carbocycles. The first-order valence-corrected chi connectivity index (χ1v) is 10.4. The van der Waals surface area contributed by atoms with Gasteiger partial charge in [-0.15, -0.1) is 10.2 Å². The minimum Gasteiger partial charge on any atom is -0.423 e. The fourth-order valence-electron chi connectivity index (χ4n) is 4.25. The summed E-state index contributed by atoms with van der Waals surface area (Å²) in [6.45, 7) is 2.13. The van der Waals surface area contributed by atoms with Crippen molar-refractivity contribution in [2.45, 2.75) is 44.1 Å². The van der Waals surface area contributed by atoms with Crippen LogP contribution in [0, 0.1) is 0 Å². The number of amides is 1. The third-order valence-electron chi connectivity index (χ3n) is 5.89. The van der Waals surface area contributed by atoms with Gasteiger partial charge in [0.05, 0.1) is 5.52 Å². The molecule has 2 aliphatic rings. The van der Waals surface area contributed by atoms with Crippen molar-refractivity contribution in [1.29, 1.82) is 0 Å². The zero-order valence-corrected chi connectivity index (χ0v) is 16.3. The van der Waals surface area contributed by atoms with Crippen LogP contribution < -0.4 is 0 Å². The Balaban J connectivity index is 1.40. The molecule has 1 aromatic carbocycles. The third kappa shape index (κ3) is 3.62. The molecule has 5 rings (SSSR count). The summed E-state index contributed by atoms with van der Waals surface area (Å²) >= 11 is 0. The molecule has 2 fully saturated rings. The van der Waals surface area contributed by atoms with Crippen LogP contribution in [0.25, 0.3) is 10.9 Å². The maximum Gasteiger partial charge on any atom is 0.273 e. The highest BCUT2D eigenvalue weighted by molar-refractivity contribution is 5.95. The van der Waals surface area contributed by atoms with Gasteiger partial charge in [-0.3, -0.25) is 4.79 Å². The van der Waals surface area contributed by atoms with E-state index in [1.54, 1.807) is 6.07 Å². The molecule has 29 heavy (non-hydrogen) atoms. The number of carbonyl (C=O) groups excluding carboxylic acids is 1. The lowest BCUT2D eigenvalue weighted by Crippen LogP contribution is -2.39. The van der Waals surface area contributed by atoms with Gasteiger partial charge in [0.1, 0.15) is 11.7 Å². The van der Waals surface area contributed by atoms with E-state index in [2.05, 4.69) is 15.2 Å². The third-order valence-corrected chi connectivity index (χ3v) is 5.89. The second-order valence-electron chi connectivity index (χ2n) is 7.76. The van der Waals surface area contributed by atoms with Crippen LogP contribution in [0.3, 0.4) is 0 Å². The van der Waals surface area contributed by atoms with E-state index in [0.717, 1.165) is 56.2 Å². The SMILES string of the molecule is O=C(c1ccc2ccccc2n1)N1CCCCC1c1nnc(C2CCOCC2)o1. The Bertz CT molecular complexity index is 1010. The van der Waals surface area contributed by atoms with Gasteiger partial charge in [0.15, 0.2) is 0 Å². The Labute approximate surface area is 169 Å². The van der Waals surface area contributed by atoms with Crippen molar-refractivity contribution in [3.63, 3.8) is 0 Å². The molecule has 150 valence electrons. The summed E-state index contributed by atoms with van der Waals surface area (Å²) in [5.74, 6) is 1.39. The summed E-state index contributed by atoms with van der Waals surface area (Å²) in [6.07, 6.45) is 4.63. The van der Waals surface area contributed by atoms with Gasteiger partial charge >= 0.3 is 0 Å². The summed E-state index contributed by atoms with van der Waals surface area (Å²) in [5.41, 5.74) is 1.28. The molecular formula is C22H24N4O3. The maximum atomic E-state index is 13.3. The van der Waals surface area contributed by atoms with Crippen LogP contribution in [0.4, 0.5) is 0 Å². The maximum absolute atomic E-state index is 13.3. The average molecular weight is 392 g/mol. The van der Waals surface area contributed by atoms with Gasteiger partial charge in [0, 0.05) is 31.1 Å². The Hall–Kier alpha value is -2.80. The number of ether oxygens (including phenoxy) is 1. The topological polar surface area (TPSA) is 81.4 Å². The van der Waals surface area contributed by atoms with Gasteiger partial charge < -0.3 is 14.1 Å². The van der Waals surface area contributed by atoms with E-state index in [0.29, 0.717) is 24.0 Å². The average Bonchev–Trinajstić information content (AvgIpc) is 3.29. The number of benzene rings is 1. The van der Waals surface area contributed by atoms with Gasteiger partial charge in [-0.05, 0) is 44.2 Å². The van der Waals surface area contributed by atoms with Crippen LogP contribution in [0.1, 0.15) is 66.3 Å². The molecule has 0 N–H and O–H groups in total. The zero-order valence-electron chi connectivity index (χ0n) is 16.3. The number of piperidine rings is 1. The molecule has 0 spiro atoms. The summed E-state index contributed by atoms with van der Waals surface area (Å²) in [6, 6.07) is 11.4. The minimum atomic E-state index is -0.189. The highest BCUT2D eigenvalue weighted by Gasteiger charge is 2.34. The number of hydrogen-bond acceptors (Lipinski definition) is 6. The van der Waals surface area contributed by atoms with E-state index in [4.69, 9.17) is 9.15 Å². The molecule has 1 atom stereocenters. The van der Waals surface area contributed by atoms with Crippen molar-refractivity contribution >= 4 is 16.8 Å². The molecule has 0 bridgehead atoms. The lowest BCUT2D eigenvalue weighted by Gasteiger charge is -2.33. The van der Waals surface area contributed by atoms with Crippen LogP contribution in [0.15, 0.2) is 40.8 Å². The monoisotopic (exact) mass is 392 g/mol. The normalized spacial score (nSPS) is 20.8. The molecule has 2 aliphatic heterocycles. The fourth-order valence-corrected chi connectivity index (χ4v) is 4.25. The van der Waals surface area contributed by atoms with Gasteiger partial charge in [0.25, 0.3) is 5.91 Å². The number of pyridine rings is 1. The Morgan fingerprint density at radius 3 is 2.69 bits per heavy atom. The Morgan fingerprint density at radius 2 is 1.79 bits per heavy atom. The number of likely N-dealkylation sites (tertiary alicyclic amines) is 1. The van der Waals surface area contributed by atoms with Crippen LogP contribution in [0.5, 0.6) is 0 Å². The lowest BCUT2D eigenvalue weighted by atomic mass is 10.0. The molecule has 1 amide bonds. The van der Waals surface area contributed by atoms with Gasteiger partial charge in [-0.1, -0.05) is 24.3 Å². The van der Waals surface area contributed by atoms with Crippen molar-refractivity contribution in [3.05, 3.63) is 53.9 Å². The van der Waals surface area contributed by atoms with E-state index in [-0.39, 0.29) is 17.9 Å². The standard InChI is InChI=1S/C22H24N4O3/c27-22(18-9-8-15-5-1-2-6-17(15)23-18)26-12-4-3-7-19(26)21-25-24-20(29-21)16-10-13-28-14-11-16/h1-2,5-6,8-9,16,19H,3-4,7,10-14H2. The highest BCUT2D eigenvalue weighted by atomic mass is 16.5. The van der Waals surface area contributed by atoms with E-state index < -0.39 is 0 Å². The molecule has 3 aromatic rings. The van der Waals surface area contributed by atoms with Crippen molar-refractivity contribution < 1.29 is 13.9 Å². The molecular weight excluding hydrogens is 368 g/mol. The first-order valence-electron chi connectivity index (χ1n) is 10.4. The summed E-state index contributed by atoms with van der Waals surface area (Å²) in [7, 11) is 0. The number of nitrogens with zero attached hydrogens (tertiary/aromatic N) is 4. The molecule has 0 aliphatic carbocycles. The van der Waals surface area contributed by atoms with E-state index in [9.17, 15) is 4.79 Å². The van der Waals surface area contributed by atoms with Crippen LogP contribution in [-0.4, -0.2) is 45.7 Å². The van der Waals surface area contributed by atoms with E-state index in [1.165, 1.54) is 0 Å². The van der Waals surface area contributed by atoms with Crippen LogP contribution >= 0.6 is 0 Å². The quantitative estimate of drug-likeness (QED) is 0.673. The number of hydrogen-bond donors (Lipinski definition) is 0. The second kappa shape index (κ2) is 7.91. The lowest BCUT2D eigenvalue weighted by molar-refractivity contribution is 0.0556. The van der Waals surface area contributed by atoms with Gasteiger partial charge in [-0.2, -0.15) is 0 Å². The molecule has 1 unspecified atom stereocenters. The van der Waals surface area contributed by atoms with Crippen molar-refractivity contribution in [3.8, 4) is 0 Å². The highest BCUT2D eigenvalue weighted by Crippen LogP contribution is 2.33. The Morgan fingerprint density at radius 1 is 0.966 bits per heavy atom. The zero-order chi connectivity index (χ0) is 19.6. The number of carbonyl (C=O) groups is 1. The smallest absolute Gasteiger partial charge is 0.273 e. The fraction of sp³-hybridized carbons (Fsp3) is 0.455. The molecule has 7 nitrogen and oxygen atoms in total. The van der Waals surface area contributed by atoms with Gasteiger partial charge in [0.2, 0.25) is 11.8 Å².